The van der Waals surface area contributed by atoms with Gasteiger partial charge in [0.25, 0.3) is 0 Å². The van der Waals surface area contributed by atoms with Crippen LogP contribution in [-0.4, -0.2) is 18.9 Å². The Kier molecular flexibility index (Phi) is 3.83. The van der Waals surface area contributed by atoms with Crippen molar-refractivity contribution >= 4 is 11.5 Å². The first-order valence-corrected chi connectivity index (χ1v) is 7.09. The first-order chi connectivity index (χ1) is 8.89. The minimum Gasteiger partial charge on any atom is -0.384 e. The highest BCUT2D eigenvalue weighted by Crippen LogP contribution is 2.32. The van der Waals surface area contributed by atoms with Gasteiger partial charge < -0.3 is 10.6 Å². The van der Waals surface area contributed by atoms with Gasteiger partial charge in [-0.25, -0.2) is 0 Å². The molecule has 1 aliphatic rings. The van der Waals surface area contributed by atoms with E-state index in [1.807, 2.05) is 13.0 Å². The Morgan fingerprint density at radius 2 is 2.00 bits per heavy atom. The number of hydrogen-bond acceptors (Lipinski definition) is 2. The molecule has 1 saturated heterocycles. The van der Waals surface area contributed by atoms with Crippen molar-refractivity contribution in [2.45, 2.75) is 40.0 Å². The van der Waals surface area contributed by atoms with E-state index in [-0.39, 0.29) is 5.84 Å². The summed E-state index contributed by atoms with van der Waals surface area (Å²) in [4.78, 5) is 2.39. The molecule has 0 amide bonds. The van der Waals surface area contributed by atoms with Gasteiger partial charge >= 0.3 is 0 Å². The molecule has 1 fully saturated rings. The van der Waals surface area contributed by atoms with Crippen LogP contribution in [0.4, 0.5) is 5.69 Å². The fourth-order valence-electron chi connectivity index (χ4n) is 2.81. The number of nitrogens with zero attached hydrogens (tertiary/aromatic N) is 1. The summed E-state index contributed by atoms with van der Waals surface area (Å²) in [7, 11) is 0. The van der Waals surface area contributed by atoms with Crippen LogP contribution in [0.3, 0.4) is 0 Å². The van der Waals surface area contributed by atoms with E-state index in [4.69, 9.17) is 11.1 Å². The Bertz CT molecular complexity index is 477. The molecule has 3 heteroatoms. The highest BCUT2D eigenvalue weighted by molar-refractivity contribution is 6.00. The third kappa shape index (κ3) is 3.28. The van der Waals surface area contributed by atoms with Crippen molar-refractivity contribution in [1.29, 1.82) is 5.41 Å². The van der Waals surface area contributed by atoms with Gasteiger partial charge in [-0.3, -0.25) is 5.41 Å². The number of rotatable bonds is 2. The van der Waals surface area contributed by atoms with Gasteiger partial charge in [0.15, 0.2) is 0 Å². The number of anilines is 1. The number of aryl methyl sites for hydroxylation is 1. The second-order valence-electron chi connectivity index (χ2n) is 6.44. The van der Waals surface area contributed by atoms with Crippen LogP contribution in [0.5, 0.6) is 0 Å². The lowest BCUT2D eigenvalue weighted by Crippen LogP contribution is -2.28. The summed E-state index contributed by atoms with van der Waals surface area (Å²) in [6.45, 7) is 8.85. The number of nitrogen functional groups attached to an aromatic ring is 1. The van der Waals surface area contributed by atoms with Crippen molar-refractivity contribution in [2.24, 2.45) is 11.1 Å². The Labute approximate surface area is 116 Å². The lowest BCUT2D eigenvalue weighted by atomic mass is 9.85. The van der Waals surface area contributed by atoms with E-state index in [1.54, 1.807) is 0 Å². The van der Waals surface area contributed by atoms with Crippen LogP contribution in [0.2, 0.25) is 0 Å². The molecule has 3 N–H and O–H groups in total. The lowest BCUT2D eigenvalue weighted by molar-refractivity contribution is 0.325. The molecule has 0 bridgehead atoms. The average Bonchev–Trinajstić information content (AvgIpc) is 2.50. The fraction of sp³-hybridized carbons (Fsp3) is 0.562. The second-order valence-corrected chi connectivity index (χ2v) is 6.44. The van der Waals surface area contributed by atoms with Gasteiger partial charge in [-0.2, -0.15) is 0 Å². The largest absolute Gasteiger partial charge is 0.384 e. The molecule has 0 radical (unpaired) electrons. The summed E-state index contributed by atoms with van der Waals surface area (Å²) in [5.74, 6) is 0.169. The van der Waals surface area contributed by atoms with Crippen molar-refractivity contribution in [1.82, 2.24) is 0 Å². The van der Waals surface area contributed by atoms with E-state index in [0.29, 0.717) is 5.41 Å². The van der Waals surface area contributed by atoms with Crippen LogP contribution in [0.15, 0.2) is 18.2 Å². The Balaban J connectivity index is 2.29. The van der Waals surface area contributed by atoms with Crippen LogP contribution in [-0.2, 0) is 0 Å². The topological polar surface area (TPSA) is 53.1 Å². The standard InChI is InChI=1S/C16H25N3/c1-12-5-6-14(13(11-12)15(17)18)19-9-4-7-16(2,3)8-10-19/h5-6,11H,4,7-10H2,1-3H3,(H3,17,18). The van der Waals surface area contributed by atoms with Crippen molar-refractivity contribution in [2.75, 3.05) is 18.0 Å². The number of amidine groups is 1. The Morgan fingerprint density at radius 1 is 1.26 bits per heavy atom. The SMILES string of the molecule is Cc1ccc(N2CCCC(C)(C)CC2)c(C(=N)N)c1. The first-order valence-electron chi connectivity index (χ1n) is 7.09. The molecule has 0 spiro atoms. The van der Waals surface area contributed by atoms with E-state index in [1.165, 1.54) is 19.3 Å². The summed E-state index contributed by atoms with van der Waals surface area (Å²) in [6.07, 6.45) is 3.67. The van der Waals surface area contributed by atoms with Gasteiger partial charge in [0.2, 0.25) is 0 Å². The molecule has 0 atom stereocenters. The van der Waals surface area contributed by atoms with Crippen molar-refractivity contribution < 1.29 is 0 Å². The molecule has 2 rings (SSSR count). The van der Waals surface area contributed by atoms with E-state index < -0.39 is 0 Å². The van der Waals surface area contributed by atoms with Crippen LogP contribution in [0.25, 0.3) is 0 Å². The fourth-order valence-corrected chi connectivity index (χ4v) is 2.81. The van der Waals surface area contributed by atoms with E-state index in [9.17, 15) is 0 Å². The second kappa shape index (κ2) is 5.24. The maximum atomic E-state index is 7.78. The van der Waals surface area contributed by atoms with Crippen LogP contribution in [0.1, 0.15) is 44.2 Å². The molecule has 0 unspecified atom stereocenters. The number of nitrogens with two attached hydrogens (primary N) is 1. The van der Waals surface area contributed by atoms with Gasteiger partial charge in [-0.1, -0.05) is 25.5 Å². The summed E-state index contributed by atoms with van der Waals surface area (Å²) in [5.41, 5.74) is 9.32. The molecule has 0 saturated carbocycles. The Morgan fingerprint density at radius 3 is 2.68 bits per heavy atom. The quantitative estimate of drug-likeness (QED) is 0.632. The highest BCUT2D eigenvalue weighted by atomic mass is 15.1. The molecule has 1 aliphatic heterocycles. The zero-order valence-electron chi connectivity index (χ0n) is 12.3. The maximum absolute atomic E-state index is 7.78. The third-order valence-corrected chi connectivity index (χ3v) is 4.12. The smallest absolute Gasteiger partial charge is 0.124 e. The summed E-state index contributed by atoms with van der Waals surface area (Å²) in [6, 6.07) is 6.25. The molecular weight excluding hydrogens is 234 g/mol. The van der Waals surface area contributed by atoms with Gasteiger partial charge in [0.05, 0.1) is 0 Å². The molecule has 104 valence electrons. The van der Waals surface area contributed by atoms with Gasteiger partial charge in [-0.05, 0) is 43.7 Å². The van der Waals surface area contributed by atoms with Crippen molar-refractivity contribution in [3.05, 3.63) is 29.3 Å². The zero-order chi connectivity index (χ0) is 14.0. The minimum absolute atomic E-state index is 0.169. The molecule has 1 aromatic rings. The predicted octanol–water partition coefficient (Wildman–Crippen LogP) is 3.30. The first kappa shape index (κ1) is 13.9. The monoisotopic (exact) mass is 259 g/mol. The number of hydrogen-bond donors (Lipinski definition) is 2. The van der Waals surface area contributed by atoms with E-state index >= 15 is 0 Å². The summed E-state index contributed by atoms with van der Waals surface area (Å²) >= 11 is 0. The molecule has 1 aromatic carbocycles. The zero-order valence-corrected chi connectivity index (χ0v) is 12.3. The molecule has 19 heavy (non-hydrogen) atoms. The van der Waals surface area contributed by atoms with Crippen LogP contribution in [0, 0.1) is 17.7 Å². The van der Waals surface area contributed by atoms with E-state index in [0.717, 1.165) is 29.9 Å². The number of benzene rings is 1. The predicted molar refractivity (Wildman–Crippen MR) is 82.0 cm³/mol. The number of nitrogens with one attached hydrogen (secondary N) is 1. The molecule has 3 nitrogen and oxygen atoms in total. The summed E-state index contributed by atoms with van der Waals surface area (Å²) in [5, 5.41) is 7.78. The van der Waals surface area contributed by atoms with Gasteiger partial charge in [0, 0.05) is 24.3 Å². The van der Waals surface area contributed by atoms with Gasteiger partial charge in [0.1, 0.15) is 5.84 Å². The summed E-state index contributed by atoms with van der Waals surface area (Å²) < 4.78 is 0. The highest BCUT2D eigenvalue weighted by Gasteiger charge is 2.24. The van der Waals surface area contributed by atoms with E-state index in [2.05, 4.69) is 30.9 Å². The molecule has 0 aliphatic carbocycles. The van der Waals surface area contributed by atoms with Gasteiger partial charge in [-0.15, -0.1) is 0 Å². The normalized spacial score (nSPS) is 19.0. The third-order valence-electron chi connectivity index (χ3n) is 4.12. The van der Waals surface area contributed by atoms with Crippen LogP contribution >= 0.6 is 0 Å². The van der Waals surface area contributed by atoms with Crippen molar-refractivity contribution in [3.63, 3.8) is 0 Å². The van der Waals surface area contributed by atoms with Crippen molar-refractivity contribution in [3.8, 4) is 0 Å². The molecular formula is C16H25N3. The molecule has 0 aromatic heterocycles. The maximum Gasteiger partial charge on any atom is 0.124 e. The van der Waals surface area contributed by atoms with Crippen LogP contribution < -0.4 is 10.6 Å². The Hall–Kier alpha value is -1.51. The molecule has 1 heterocycles. The average molecular weight is 259 g/mol. The minimum atomic E-state index is 0.169. The lowest BCUT2D eigenvalue weighted by Gasteiger charge is -2.27.